The summed E-state index contributed by atoms with van der Waals surface area (Å²) >= 11 is 2.70. The van der Waals surface area contributed by atoms with Crippen molar-refractivity contribution in [1.29, 1.82) is 0 Å². The molecular weight excluding hydrogens is 574 g/mol. The number of anilines is 1. The van der Waals surface area contributed by atoms with E-state index in [1.807, 2.05) is 44.2 Å². The zero-order valence-electron chi connectivity index (χ0n) is 23.3. The lowest BCUT2D eigenvalue weighted by Gasteiger charge is -2.23. The molecule has 1 unspecified atom stereocenters. The Morgan fingerprint density at radius 3 is 2.36 bits per heavy atom. The monoisotopic (exact) mass is 603 g/mol. The normalized spacial score (nSPS) is 16.1. The van der Waals surface area contributed by atoms with E-state index in [1.165, 1.54) is 35.1 Å². The second-order valence-electron chi connectivity index (χ2n) is 9.09. The van der Waals surface area contributed by atoms with Crippen LogP contribution in [0, 0.1) is 0 Å². The molecule has 1 saturated heterocycles. The van der Waals surface area contributed by atoms with Crippen molar-refractivity contribution in [3.8, 4) is 17.2 Å². The maximum absolute atomic E-state index is 13.6. The van der Waals surface area contributed by atoms with Gasteiger partial charge < -0.3 is 19.3 Å². The fourth-order valence-electron chi connectivity index (χ4n) is 4.56. The molecule has 0 spiro atoms. The van der Waals surface area contributed by atoms with E-state index in [2.05, 4.69) is 10.2 Å². The van der Waals surface area contributed by atoms with Gasteiger partial charge in [-0.25, -0.2) is 0 Å². The summed E-state index contributed by atoms with van der Waals surface area (Å²) < 4.78 is 17.4. The van der Waals surface area contributed by atoms with Crippen LogP contribution >= 0.6 is 23.1 Å². The molecule has 3 aromatic carbocycles. The van der Waals surface area contributed by atoms with Crippen molar-refractivity contribution in [3.05, 3.63) is 95.1 Å². The minimum absolute atomic E-state index is 0.0644. The number of methoxy groups -OCH3 is 1. The maximum atomic E-state index is 13.6. The second-order valence-corrected chi connectivity index (χ2v) is 11.3. The Labute approximate surface area is 251 Å². The number of carbonyl (C=O) groups is 2. The Hall–Kier alpha value is -4.35. The molecule has 2 heterocycles. The lowest BCUT2D eigenvalue weighted by Crippen LogP contribution is -2.29. The Kier molecular flexibility index (Phi) is 9.09. The first-order valence-corrected chi connectivity index (χ1v) is 15.1. The van der Waals surface area contributed by atoms with Gasteiger partial charge in [0.25, 0.3) is 5.78 Å². The number of aliphatic hydroxyl groups is 1. The molecular formula is C31H29N3O6S2. The van der Waals surface area contributed by atoms with Crippen LogP contribution in [-0.4, -0.2) is 47.3 Å². The fraction of sp³-hybridized carbons (Fsp3) is 0.226. The van der Waals surface area contributed by atoms with Gasteiger partial charge in [0.2, 0.25) is 5.13 Å². The molecule has 11 heteroatoms. The minimum Gasteiger partial charge on any atom is -0.507 e. The molecule has 216 valence electrons. The number of hydrogen-bond donors (Lipinski definition) is 1. The van der Waals surface area contributed by atoms with Gasteiger partial charge in [0.1, 0.15) is 11.5 Å². The molecule has 0 saturated carbocycles. The van der Waals surface area contributed by atoms with E-state index in [9.17, 15) is 14.7 Å². The van der Waals surface area contributed by atoms with Crippen LogP contribution in [0.1, 0.15) is 36.6 Å². The molecule has 4 aromatic rings. The molecule has 1 aliphatic heterocycles. The number of thioether (sulfide) groups is 1. The second kappa shape index (κ2) is 13.1. The number of carbonyl (C=O) groups excluding carboxylic acids is 2. The van der Waals surface area contributed by atoms with Gasteiger partial charge in [-0.3, -0.25) is 14.5 Å². The molecule has 5 rings (SSSR count). The summed E-state index contributed by atoms with van der Waals surface area (Å²) in [6, 6.07) is 20.8. The third-order valence-electron chi connectivity index (χ3n) is 6.50. The van der Waals surface area contributed by atoms with Crippen LogP contribution in [0.15, 0.2) is 82.7 Å². The number of amides is 1. The number of nitrogens with zero attached hydrogens (tertiary/aromatic N) is 3. The molecule has 0 radical (unpaired) electrons. The predicted octanol–water partition coefficient (Wildman–Crippen LogP) is 6.26. The number of Topliss-reactive ketones (excluding diaryl/α,β-unsaturated/α-hetero) is 1. The number of aliphatic hydroxyl groups excluding tert-OH is 1. The first kappa shape index (κ1) is 29.2. The highest BCUT2D eigenvalue weighted by atomic mass is 32.2. The standard InChI is InChI=1S/C31H29N3O6S2/c1-4-39-23-16-13-21(17-24(23)40-5-2)26-25(27(35)20-11-14-22(38-3)15-12-20)28(36)29(37)34(26)30-32-33-31(42-30)41-18-19-9-7-6-8-10-19/h6-17,26,35H,4-5,18H2,1-3H3. The molecule has 1 atom stereocenters. The van der Waals surface area contributed by atoms with Crippen LogP contribution in [0.4, 0.5) is 5.13 Å². The maximum Gasteiger partial charge on any atom is 0.301 e. The number of benzene rings is 3. The van der Waals surface area contributed by atoms with Crippen molar-refractivity contribution in [2.45, 2.75) is 30.0 Å². The van der Waals surface area contributed by atoms with Gasteiger partial charge in [0, 0.05) is 11.3 Å². The summed E-state index contributed by atoms with van der Waals surface area (Å²) in [5.74, 6) is 0.316. The van der Waals surface area contributed by atoms with Crippen LogP contribution in [0.25, 0.3) is 5.76 Å². The van der Waals surface area contributed by atoms with Crippen LogP contribution in [0.2, 0.25) is 0 Å². The molecule has 1 aromatic heterocycles. The lowest BCUT2D eigenvalue weighted by molar-refractivity contribution is -0.132. The van der Waals surface area contributed by atoms with E-state index >= 15 is 0 Å². The summed E-state index contributed by atoms with van der Waals surface area (Å²) in [7, 11) is 1.54. The quantitative estimate of drug-likeness (QED) is 0.0698. The van der Waals surface area contributed by atoms with Crippen LogP contribution in [0.3, 0.4) is 0 Å². The van der Waals surface area contributed by atoms with E-state index in [4.69, 9.17) is 14.2 Å². The van der Waals surface area contributed by atoms with Crippen LogP contribution < -0.4 is 19.1 Å². The average Bonchev–Trinajstić information content (AvgIpc) is 3.59. The van der Waals surface area contributed by atoms with E-state index in [0.29, 0.717) is 51.7 Å². The number of aromatic nitrogens is 2. The van der Waals surface area contributed by atoms with Crippen molar-refractivity contribution < 1.29 is 28.9 Å². The van der Waals surface area contributed by atoms with Crippen LogP contribution in [-0.2, 0) is 15.3 Å². The molecule has 1 N–H and O–H groups in total. The number of rotatable bonds is 11. The third kappa shape index (κ3) is 5.97. The summed E-state index contributed by atoms with van der Waals surface area (Å²) in [5.41, 5.74) is 1.97. The van der Waals surface area contributed by atoms with Gasteiger partial charge >= 0.3 is 5.91 Å². The zero-order chi connectivity index (χ0) is 29.6. The van der Waals surface area contributed by atoms with E-state index < -0.39 is 17.7 Å². The molecule has 1 amide bonds. The molecule has 1 aliphatic rings. The smallest absolute Gasteiger partial charge is 0.301 e. The fourth-order valence-corrected chi connectivity index (χ4v) is 6.39. The Balaban J connectivity index is 1.59. The molecule has 42 heavy (non-hydrogen) atoms. The third-order valence-corrected chi connectivity index (χ3v) is 8.63. The van der Waals surface area contributed by atoms with E-state index in [-0.39, 0.29) is 16.5 Å². The van der Waals surface area contributed by atoms with Crippen molar-refractivity contribution in [2.24, 2.45) is 0 Å². The summed E-state index contributed by atoms with van der Waals surface area (Å²) in [6.07, 6.45) is 0. The summed E-state index contributed by atoms with van der Waals surface area (Å²) in [5, 5.41) is 20.3. The molecule has 1 fully saturated rings. The Morgan fingerprint density at radius 1 is 0.952 bits per heavy atom. The van der Waals surface area contributed by atoms with Gasteiger partial charge in [-0.05, 0) is 61.4 Å². The van der Waals surface area contributed by atoms with Crippen molar-refractivity contribution in [3.63, 3.8) is 0 Å². The van der Waals surface area contributed by atoms with Crippen molar-refractivity contribution in [2.75, 3.05) is 25.2 Å². The Morgan fingerprint density at radius 2 is 1.67 bits per heavy atom. The van der Waals surface area contributed by atoms with Crippen molar-refractivity contribution in [1.82, 2.24) is 10.2 Å². The van der Waals surface area contributed by atoms with Crippen LogP contribution in [0.5, 0.6) is 17.2 Å². The van der Waals surface area contributed by atoms with Gasteiger partial charge in [-0.1, -0.05) is 59.5 Å². The SMILES string of the molecule is CCOc1ccc(C2C(=C(O)c3ccc(OC)cc3)C(=O)C(=O)N2c2nnc(SCc3ccccc3)s2)cc1OCC. The average molecular weight is 604 g/mol. The predicted molar refractivity (Wildman–Crippen MR) is 162 cm³/mol. The number of hydrogen-bond acceptors (Lipinski definition) is 10. The number of ketones is 1. The molecule has 9 nitrogen and oxygen atoms in total. The number of ether oxygens (including phenoxy) is 3. The largest absolute Gasteiger partial charge is 0.507 e. The highest BCUT2D eigenvalue weighted by Gasteiger charge is 2.48. The molecule has 0 aliphatic carbocycles. The first-order chi connectivity index (χ1) is 20.4. The van der Waals surface area contributed by atoms with Gasteiger partial charge in [-0.2, -0.15) is 0 Å². The topological polar surface area (TPSA) is 111 Å². The van der Waals surface area contributed by atoms with Crippen molar-refractivity contribution >= 4 is 45.7 Å². The highest BCUT2D eigenvalue weighted by molar-refractivity contribution is 8.00. The Bertz CT molecular complexity index is 1600. The first-order valence-electron chi connectivity index (χ1n) is 13.3. The highest BCUT2D eigenvalue weighted by Crippen LogP contribution is 2.45. The van der Waals surface area contributed by atoms with E-state index in [0.717, 1.165) is 5.56 Å². The van der Waals surface area contributed by atoms with E-state index in [1.54, 1.807) is 42.5 Å². The summed E-state index contributed by atoms with van der Waals surface area (Å²) in [4.78, 5) is 28.5. The lowest BCUT2D eigenvalue weighted by atomic mass is 9.95. The zero-order valence-corrected chi connectivity index (χ0v) is 24.9. The molecule has 0 bridgehead atoms. The minimum atomic E-state index is -0.984. The van der Waals surface area contributed by atoms with Gasteiger partial charge in [0.05, 0.1) is 31.9 Å². The van der Waals surface area contributed by atoms with Gasteiger partial charge in [-0.15, -0.1) is 10.2 Å². The van der Waals surface area contributed by atoms with Gasteiger partial charge in [0.15, 0.2) is 15.8 Å². The summed E-state index contributed by atoms with van der Waals surface area (Å²) in [6.45, 7) is 4.54.